The maximum Gasteiger partial charge on any atom is 0.254 e. The number of nitrogens with zero attached hydrogens (tertiary/aromatic N) is 1. The SMILES string of the molecule is COc1ccc(C(=O)N2C[C@H](O)C[C@H]2C(=O)NCc2ccc(Cl)cc2)cc1OC. The molecule has 0 bridgehead atoms. The van der Waals surface area contributed by atoms with E-state index in [-0.39, 0.29) is 24.8 Å². The molecule has 3 rings (SSSR count). The highest BCUT2D eigenvalue weighted by Gasteiger charge is 2.39. The molecule has 1 heterocycles. The lowest BCUT2D eigenvalue weighted by atomic mass is 10.1. The van der Waals surface area contributed by atoms with Crippen LogP contribution in [-0.4, -0.2) is 54.7 Å². The van der Waals surface area contributed by atoms with E-state index in [0.29, 0.717) is 28.6 Å². The third-order valence-corrected chi connectivity index (χ3v) is 5.10. The van der Waals surface area contributed by atoms with Gasteiger partial charge in [-0.2, -0.15) is 0 Å². The highest BCUT2D eigenvalue weighted by atomic mass is 35.5. The Kier molecular flexibility index (Phi) is 6.61. The molecule has 0 spiro atoms. The summed E-state index contributed by atoms with van der Waals surface area (Å²) >= 11 is 5.87. The number of hydrogen-bond donors (Lipinski definition) is 2. The molecule has 29 heavy (non-hydrogen) atoms. The number of hydrogen-bond acceptors (Lipinski definition) is 5. The van der Waals surface area contributed by atoms with Crippen LogP contribution in [0, 0.1) is 0 Å². The molecule has 1 saturated heterocycles. The molecule has 1 fully saturated rings. The number of carbonyl (C=O) groups is 2. The fourth-order valence-electron chi connectivity index (χ4n) is 3.33. The maximum absolute atomic E-state index is 13.0. The number of aliphatic hydroxyl groups excluding tert-OH is 1. The molecule has 2 amide bonds. The number of likely N-dealkylation sites (tertiary alicyclic amines) is 1. The Morgan fingerprint density at radius 3 is 2.48 bits per heavy atom. The largest absolute Gasteiger partial charge is 0.493 e. The molecular formula is C21H23ClN2O5. The molecule has 2 N–H and O–H groups in total. The van der Waals surface area contributed by atoms with Crippen molar-refractivity contribution in [3.05, 3.63) is 58.6 Å². The summed E-state index contributed by atoms with van der Waals surface area (Å²) in [6, 6.07) is 11.2. The maximum atomic E-state index is 13.0. The highest BCUT2D eigenvalue weighted by Crippen LogP contribution is 2.29. The minimum atomic E-state index is -0.759. The van der Waals surface area contributed by atoms with Crippen molar-refractivity contribution in [3.63, 3.8) is 0 Å². The summed E-state index contributed by atoms with van der Waals surface area (Å²) in [4.78, 5) is 27.1. The lowest BCUT2D eigenvalue weighted by molar-refractivity contribution is -0.125. The van der Waals surface area contributed by atoms with Gasteiger partial charge in [0.1, 0.15) is 6.04 Å². The number of amides is 2. The van der Waals surface area contributed by atoms with Gasteiger partial charge < -0.3 is 24.8 Å². The third kappa shape index (κ3) is 4.81. The van der Waals surface area contributed by atoms with Gasteiger partial charge in [-0.15, -0.1) is 0 Å². The molecule has 8 heteroatoms. The van der Waals surface area contributed by atoms with Crippen molar-refractivity contribution < 1.29 is 24.2 Å². The summed E-state index contributed by atoms with van der Waals surface area (Å²) in [6.07, 6.45) is -0.573. The topological polar surface area (TPSA) is 88.1 Å². The van der Waals surface area contributed by atoms with Crippen LogP contribution in [0.1, 0.15) is 22.3 Å². The van der Waals surface area contributed by atoms with Crippen molar-refractivity contribution in [3.8, 4) is 11.5 Å². The Bertz CT molecular complexity index is 887. The van der Waals surface area contributed by atoms with E-state index < -0.39 is 12.1 Å². The number of ether oxygens (including phenoxy) is 2. The number of methoxy groups -OCH3 is 2. The molecule has 2 aromatic rings. The van der Waals surface area contributed by atoms with Crippen LogP contribution in [0.4, 0.5) is 0 Å². The predicted molar refractivity (Wildman–Crippen MR) is 108 cm³/mol. The van der Waals surface area contributed by atoms with E-state index >= 15 is 0 Å². The Labute approximate surface area is 174 Å². The molecule has 1 aliphatic heterocycles. The van der Waals surface area contributed by atoms with Gasteiger partial charge in [0.25, 0.3) is 5.91 Å². The fraction of sp³-hybridized carbons (Fsp3) is 0.333. The van der Waals surface area contributed by atoms with Gasteiger partial charge in [-0.3, -0.25) is 9.59 Å². The Morgan fingerprint density at radius 1 is 1.14 bits per heavy atom. The minimum absolute atomic E-state index is 0.0895. The van der Waals surface area contributed by atoms with Gasteiger partial charge in [-0.1, -0.05) is 23.7 Å². The van der Waals surface area contributed by atoms with Crippen molar-refractivity contribution in [1.29, 1.82) is 0 Å². The molecular weight excluding hydrogens is 396 g/mol. The van der Waals surface area contributed by atoms with Crippen molar-refractivity contribution in [2.75, 3.05) is 20.8 Å². The molecule has 0 unspecified atom stereocenters. The van der Waals surface area contributed by atoms with Crippen molar-refractivity contribution in [2.24, 2.45) is 0 Å². The van der Waals surface area contributed by atoms with E-state index in [2.05, 4.69) is 5.32 Å². The Hall–Kier alpha value is -2.77. The summed E-state index contributed by atoms with van der Waals surface area (Å²) in [5, 5.41) is 13.5. The summed E-state index contributed by atoms with van der Waals surface area (Å²) in [6.45, 7) is 0.396. The first kappa shape index (κ1) is 21.0. The average molecular weight is 419 g/mol. The summed E-state index contributed by atoms with van der Waals surface area (Å²) in [5.41, 5.74) is 1.24. The zero-order valence-electron chi connectivity index (χ0n) is 16.2. The van der Waals surface area contributed by atoms with Crippen molar-refractivity contribution >= 4 is 23.4 Å². The number of nitrogens with one attached hydrogen (secondary N) is 1. The van der Waals surface area contributed by atoms with Crippen LogP contribution in [-0.2, 0) is 11.3 Å². The number of rotatable bonds is 6. The van der Waals surface area contributed by atoms with Crippen LogP contribution in [0.5, 0.6) is 11.5 Å². The molecule has 2 atom stereocenters. The van der Waals surface area contributed by atoms with Crippen LogP contribution < -0.4 is 14.8 Å². The first-order valence-electron chi connectivity index (χ1n) is 9.16. The Morgan fingerprint density at radius 2 is 1.83 bits per heavy atom. The number of β-amino-alcohol motifs (C(OH)–C–C–N with tert-alkyl or cyclic N) is 1. The second-order valence-electron chi connectivity index (χ2n) is 6.78. The van der Waals surface area contributed by atoms with Gasteiger partial charge in [-0.05, 0) is 35.9 Å². The molecule has 0 saturated carbocycles. The van der Waals surface area contributed by atoms with Gasteiger partial charge in [0.15, 0.2) is 11.5 Å². The molecule has 0 aromatic heterocycles. The molecule has 0 radical (unpaired) electrons. The lowest BCUT2D eigenvalue weighted by Gasteiger charge is -2.24. The van der Waals surface area contributed by atoms with Crippen LogP contribution in [0.15, 0.2) is 42.5 Å². The molecule has 7 nitrogen and oxygen atoms in total. The van der Waals surface area contributed by atoms with Crippen LogP contribution in [0.25, 0.3) is 0 Å². The number of benzene rings is 2. The molecule has 2 aromatic carbocycles. The van der Waals surface area contributed by atoms with Crippen LogP contribution in [0.2, 0.25) is 5.02 Å². The smallest absolute Gasteiger partial charge is 0.254 e. The van der Waals surface area contributed by atoms with E-state index in [0.717, 1.165) is 5.56 Å². The lowest BCUT2D eigenvalue weighted by Crippen LogP contribution is -2.45. The monoisotopic (exact) mass is 418 g/mol. The zero-order valence-corrected chi connectivity index (χ0v) is 17.0. The quantitative estimate of drug-likeness (QED) is 0.751. The molecule has 1 aliphatic rings. The second-order valence-corrected chi connectivity index (χ2v) is 7.21. The van der Waals surface area contributed by atoms with E-state index in [1.807, 2.05) is 12.1 Å². The first-order chi connectivity index (χ1) is 13.9. The first-order valence-corrected chi connectivity index (χ1v) is 9.54. The van der Waals surface area contributed by atoms with E-state index in [9.17, 15) is 14.7 Å². The summed E-state index contributed by atoms with van der Waals surface area (Å²) < 4.78 is 10.4. The van der Waals surface area contributed by atoms with Crippen LogP contribution >= 0.6 is 11.6 Å². The summed E-state index contributed by atoms with van der Waals surface area (Å²) in [5.74, 6) is 0.254. The zero-order chi connectivity index (χ0) is 21.0. The average Bonchev–Trinajstić information content (AvgIpc) is 3.13. The van der Waals surface area contributed by atoms with E-state index in [4.69, 9.17) is 21.1 Å². The van der Waals surface area contributed by atoms with E-state index in [1.54, 1.807) is 30.3 Å². The van der Waals surface area contributed by atoms with Gasteiger partial charge in [0.05, 0.1) is 20.3 Å². The Balaban J connectivity index is 1.72. The van der Waals surface area contributed by atoms with Gasteiger partial charge >= 0.3 is 0 Å². The van der Waals surface area contributed by atoms with Crippen molar-refractivity contribution in [1.82, 2.24) is 10.2 Å². The number of carbonyl (C=O) groups excluding carboxylic acids is 2. The minimum Gasteiger partial charge on any atom is -0.493 e. The summed E-state index contributed by atoms with van der Waals surface area (Å²) in [7, 11) is 3.00. The van der Waals surface area contributed by atoms with Gasteiger partial charge in [-0.25, -0.2) is 0 Å². The molecule has 0 aliphatic carbocycles. The normalized spacial score (nSPS) is 18.4. The van der Waals surface area contributed by atoms with E-state index in [1.165, 1.54) is 19.1 Å². The second kappa shape index (κ2) is 9.15. The van der Waals surface area contributed by atoms with Gasteiger partial charge in [0.2, 0.25) is 5.91 Å². The third-order valence-electron chi connectivity index (χ3n) is 4.85. The van der Waals surface area contributed by atoms with Crippen molar-refractivity contribution in [2.45, 2.75) is 25.1 Å². The number of halogens is 1. The standard InChI is InChI=1S/C21H23ClN2O5/c1-28-18-8-5-14(9-19(18)29-2)21(27)24-12-16(25)10-17(24)20(26)23-11-13-3-6-15(22)7-4-13/h3-9,16-17,25H,10-12H2,1-2H3,(H,23,26)/t16-,17+/m1/s1. The van der Waals surface area contributed by atoms with Gasteiger partial charge in [0, 0.05) is 30.1 Å². The molecule has 154 valence electrons. The number of aliphatic hydroxyl groups is 1. The highest BCUT2D eigenvalue weighted by molar-refractivity contribution is 6.30. The fourth-order valence-corrected chi connectivity index (χ4v) is 3.46. The van der Waals surface area contributed by atoms with Crippen LogP contribution in [0.3, 0.4) is 0 Å². The predicted octanol–water partition coefficient (Wildman–Crippen LogP) is 2.25.